The van der Waals surface area contributed by atoms with Crippen LogP contribution in [0.4, 0.5) is 0 Å². The van der Waals surface area contributed by atoms with E-state index in [1.807, 2.05) is 0 Å². The molecule has 1 unspecified atom stereocenters. The smallest absolute Gasteiger partial charge is 0.0810 e. The standard InChI is InChI=1S/C13H27NO/c1-5-12(4)15-13(8-6-7-9-13)10-14-11(2)3/h11-12,14H,5-10H2,1-4H3. The fraction of sp³-hybridized carbons (Fsp3) is 1.00. The van der Waals surface area contributed by atoms with Crippen molar-refractivity contribution in [2.24, 2.45) is 0 Å². The van der Waals surface area contributed by atoms with Crippen LogP contribution in [0.15, 0.2) is 0 Å². The quantitative estimate of drug-likeness (QED) is 0.732. The van der Waals surface area contributed by atoms with Gasteiger partial charge in [-0.1, -0.05) is 33.6 Å². The fourth-order valence-electron chi connectivity index (χ4n) is 2.26. The minimum atomic E-state index is 0.139. The Morgan fingerprint density at radius 1 is 1.20 bits per heavy atom. The van der Waals surface area contributed by atoms with Gasteiger partial charge >= 0.3 is 0 Å². The first-order chi connectivity index (χ1) is 7.08. The largest absolute Gasteiger partial charge is 0.371 e. The Bertz CT molecular complexity index is 173. The molecule has 90 valence electrons. The Kier molecular flexibility index (Phi) is 5.07. The van der Waals surface area contributed by atoms with Crippen LogP contribution in [0.3, 0.4) is 0 Å². The summed E-state index contributed by atoms with van der Waals surface area (Å²) < 4.78 is 6.24. The summed E-state index contributed by atoms with van der Waals surface area (Å²) >= 11 is 0. The second-order valence-corrected chi connectivity index (χ2v) is 5.26. The second-order valence-electron chi connectivity index (χ2n) is 5.26. The van der Waals surface area contributed by atoms with E-state index in [-0.39, 0.29) is 5.60 Å². The second kappa shape index (κ2) is 5.86. The van der Waals surface area contributed by atoms with E-state index < -0.39 is 0 Å². The van der Waals surface area contributed by atoms with Crippen LogP contribution >= 0.6 is 0 Å². The van der Waals surface area contributed by atoms with Gasteiger partial charge in [-0.2, -0.15) is 0 Å². The van der Waals surface area contributed by atoms with Gasteiger partial charge in [0.15, 0.2) is 0 Å². The van der Waals surface area contributed by atoms with Gasteiger partial charge in [0, 0.05) is 12.6 Å². The molecule has 2 nitrogen and oxygen atoms in total. The molecule has 0 heterocycles. The summed E-state index contributed by atoms with van der Waals surface area (Å²) in [5.74, 6) is 0. The number of ether oxygens (including phenoxy) is 1. The molecule has 1 rings (SSSR count). The van der Waals surface area contributed by atoms with Gasteiger partial charge in [-0.3, -0.25) is 0 Å². The van der Waals surface area contributed by atoms with Gasteiger partial charge in [-0.15, -0.1) is 0 Å². The minimum absolute atomic E-state index is 0.139. The van der Waals surface area contributed by atoms with Crippen molar-refractivity contribution in [2.75, 3.05) is 6.54 Å². The number of rotatable bonds is 6. The highest BCUT2D eigenvalue weighted by Gasteiger charge is 2.35. The molecule has 1 aliphatic carbocycles. The van der Waals surface area contributed by atoms with Crippen molar-refractivity contribution in [1.29, 1.82) is 0 Å². The topological polar surface area (TPSA) is 21.3 Å². The minimum Gasteiger partial charge on any atom is -0.371 e. The molecule has 0 amide bonds. The zero-order valence-corrected chi connectivity index (χ0v) is 10.8. The van der Waals surface area contributed by atoms with Crippen LogP contribution in [-0.2, 0) is 4.74 Å². The number of nitrogens with one attached hydrogen (secondary N) is 1. The molecule has 1 N–H and O–H groups in total. The average Bonchev–Trinajstić information content (AvgIpc) is 2.64. The zero-order chi connectivity index (χ0) is 11.3. The third-order valence-corrected chi connectivity index (χ3v) is 3.37. The lowest BCUT2D eigenvalue weighted by molar-refractivity contribution is -0.0831. The highest BCUT2D eigenvalue weighted by molar-refractivity contribution is 4.89. The highest BCUT2D eigenvalue weighted by Crippen LogP contribution is 2.34. The summed E-state index contributed by atoms with van der Waals surface area (Å²) in [5.41, 5.74) is 0.139. The van der Waals surface area contributed by atoms with Crippen LogP contribution < -0.4 is 5.32 Å². The van der Waals surface area contributed by atoms with E-state index in [4.69, 9.17) is 4.74 Å². The van der Waals surface area contributed by atoms with Crippen molar-refractivity contribution in [3.63, 3.8) is 0 Å². The molecule has 1 fully saturated rings. The Balaban J connectivity index is 2.46. The average molecular weight is 213 g/mol. The van der Waals surface area contributed by atoms with E-state index in [0.29, 0.717) is 12.1 Å². The SMILES string of the molecule is CCC(C)OC1(CNC(C)C)CCCC1. The Morgan fingerprint density at radius 2 is 1.80 bits per heavy atom. The van der Waals surface area contributed by atoms with E-state index in [1.165, 1.54) is 25.7 Å². The van der Waals surface area contributed by atoms with Crippen molar-refractivity contribution in [3.8, 4) is 0 Å². The predicted molar refractivity (Wildman–Crippen MR) is 65.2 cm³/mol. The highest BCUT2D eigenvalue weighted by atomic mass is 16.5. The van der Waals surface area contributed by atoms with Gasteiger partial charge in [-0.05, 0) is 26.2 Å². The maximum Gasteiger partial charge on any atom is 0.0810 e. The summed E-state index contributed by atoms with van der Waals surface area (Å²) in [6.45, 7) is 9.81. The van der Waals surface area contributed by atoms with Crippen LogP contribution in [0.2, 0.25) is 0 Å². The molecule has 0 spiro atoms. The molecule has 0 aromatic carbocycles. The third-order valence-electron chi connectivity index (χ3n) is 3.37. The van der Waals surface area contributed by atoms with Crippen molar-refractivity contribution < 1.29 is 4.74 Å². The monoisotopic (exact) mass is 213 g/mol. The van der Waals surface area contributed by atoms with Crippen LogP contribution in [0.25, 0.3) is 0 Å². The lowest BCUT2D eigenvalue weighted by Gasteiger charge is -2.33. The Labute approximate surface area is 94.8 Å². The first-order valence-electron chi connectivity index (χ1n) is 6.49. The first kappa shape index (κ1) is 13.0. The van der Waals surface area contributed by atoms with Gasteiger partial charge in [-0.25, -0.2) is 0 Å². The van der Waals surface area contributed by atoms with E-state index in [2.05, 4.69) is 33.0 Å². The van der Waals surface area contributed by atoms with E-state index in [0.717, 1.165) is 13.0 Å². The molecule has 1 aliphatic rings. The fourth-order valence-corrected chi connectivity index (χ4v) is 2.26. The van der Waals surface area contributed by atoms with Crippen molar-refractivity contribution >= 4 is 0 Å². The van der Waals surface area contributed by atoms with Crippen molar-refractivity contribution in [2.45, 2.75) is 77.5 Å². The molecular weight excluding hydrogens is 186 g/mol. The Hall–Kier alpha value is -0.0800. The predicted octanol–water partition coefficient (Wildman–Crippen LogP) is 3.11. The molecule has 2 heteroatoms. The van der Waals surface area contributed by atoms with Crippen LogP contribution in [-0.4, -0.2) is 24.3 Å². The van der Waals surface area contributed by atoms with Gasteiger partial charge in [0.05, 0.1) is 11.7 Å². The van der Waals surface area contributed by atoms with Crippen LogP contribution in [0, 0.1) is 0 Å². The molecular formula is C13H27NO. The third kappa shape index (κ3) is 4.12. The summed E-state index contributed by atoms with van der Waals surface area (Å²) in [7, 11) is 0. The molecule has 0 aliphatic heterocycles. The number of hydrogen-bond acceptors (Lipinski definition) is 2. The molecule has 0 bridgehead atoms. The Morgan fingerprint density at radius 3 is 2.27 bits per heavy atom. The molecule has 0 aromatic rings. The molecule has 0 aromatic heterocycles. The molecule has 15 heavy (non-hydrogen) atoms. The number of hydrogen-bond donors (Lipinski definition) is 1. The van der Waals surface area contributed by atoms with E-state index in [1.54, 1.807) is 0 Å². The summed E-state index contributed by atoms with van der Waals surface area (Å²) in [5, 5.41) is 3.53. The normalized spacial score (nSPS) is 22.2. The van der Waals surface area contributed by atoms with Gasteiger partial charge in [0.25, 0.3) is 0 Å². The maximum absolute atomic E-state index is 6.24. The zero-order valence-electron chi connectivity index (χ0n) is 10.8. The van der Waals surface area contributed by atoms with Gasteiger partial charge < -0.3 is 10.1 Å². The van der Waals surface area contributed by atoms with Crippen molar-refractivity contribution in [1.82, 2.24) is 5.32 Å². The molecule has 1 atom stereocenters. The molecule has 1 saturated carbocycles. The lowest BCUT2D eigenvalue weighted by atomic mass is 10.0. The van der Waals surface area contributed by atoms with Crippen LogP contribution in [0.5, 0.6) is 0 Å². The summed E-state index contributed by atoms with van der Waals surface area (Å²) in [4.78, 5) is 0. The lowest BCUT2D eigenvalue weighted by Crippen LogP contribution is -2.44. The molecule has 0 radical (unpaired) electrons. The van der Waals surface area contributed by atoms with Crippen molar-refractivity contribution in [3.05, 3.63) is 0 Å². The van der Waals surface area contributed by atoms with Gasteiger partial charge in [0.2, 0.25) is 0 Å². The van der Waals surface area contributed by atoms with Crippen LogP contribution in [0.1, 0.15) is 59.8 Å². The molecule has 0 saturated heterocycles. The summed E-state index contributed by atoms with van der Waals surface area (Å²) in [6.07, 6.45) is 6.64. The van der Waals surface area contributed by atoms with E-state index >= 15 is 0 Å². The van der Waals surface area contributed by atoms with Gasteiger partial charge in [0.1, 0.15) is 0 Å². The van der Waals surface area contributed by atoms with E-state index in [9.17, 15) is 0 Å². The summed E-state index contributed by atoms with van der Waals surface area (Å²) in [6, 6.07) is 0.558. The first-order valence-corrected chi connectivity index (χ1v) is 6.49. The maximum atomic E-state index is 6.24.